The molecule has 1 aromatic carbocycles. The van der Waals surface area contributed by atoms with Crippen LogP contribution in [0.1, 0.15) is 6.92 Å². The van der Waals surface area contributed by atoms with E-state index in [0.29, 0.717) is 36.5 Å². The fourth-order valence-corrected chi connectivity index (χ4v) is 1.66. The van der Waals surface area contributed by atoms with Gasteiger partial charge in [-0.15, -0.1) is 0 Å². The number of anilines is 1. The smallest absolute Gasteiger partial charge is 0.137 e. The van der Waals surface area contributed by atoms with Crippen LogP contribution in [-0.4, -0.2) is 29.7 Å². The summed E-state index contributed by atoms with van der Waals surface area (Å²) in [6.07, 6.45) is 1.46. The number of ether oxygens (including phenoxy) is 1. The van der Waals surface area contributed by atoms with Crippen molar-refractivity contribution in [1.82, 2.24) is 9.97 Å². The molecule has 1 N–H and O–H groups in total. The molecule has 2 aromatic rings. The molecule has 0 amide bonds. The Kier molecular flexibility index (Phi) is 4.41. The largest absolute Gasteiger partial charge is 0.375 e. The number of hydrogen-bond acceptors (Lipinski definition) is 4. The van der Waals surface area contributed by atoms with Crippen LogP contribution in [0.4, 0.5) is 10.2 Å². The summed E-state index contributed by atoms with van der Waals surface area (Å²) in [6.45, 7) is 7.34. The summed E-state index contributed by atoms with van der Waals surface area (Å²) in [5, 5.41) is 3.79. The van der Waals surface area contributed by atoms with E-state index in [9.17, 15) is 4.39 Å². The van der Waals surface area contributed by atoms with Crippen molar-refractivity contribution in [2.75, 3.05) is 25.1 Å². The van der Waals surface area contributed by atoms with E-state index in [2.05, 4.69) is 21.9 Å². The second-order valence-corrected chi connectivity index (χ2v) is 4.32. The molecule has 0 spiro atoms. The zero-order valence-corrected chi connectivity index (χ0v) is 10.8. The molecule has 5 heteroatoms. The van der Waals surface area contributed by atoms with Crippen molar-refractivity contribution in [1.29, 1.82) is 0 Å². The van der Waals surface area contributed by atoms with Crippen LogP contribution in [0, 0.1) is 5.82 Å². The van der Waals surface area contributed by atoms with Crippen molar-refractivity contribution in [2.45, 2.75) is 6.92 Å². The Morgan fingerprint density at radius 1 is 1.42 bits per heavy atom. The molecule has 0 aliphatic rings. The summed E-state index contributed by atoms with van der Waals surface area (Å²) >= 11 is 0. The fourth-order valence-electron chi connectivity index (χ4n) is 1.66. The molecule has 0 saturated carbocycles. The second-order valence-electron chi connectivity index (χ2n) is 4.32. The summed E-state index contributed by atoms with van der Waals surface area (Å²) in [4.78, 5) is 8.21. The third-order valence-corrected chi connectivity index (χ3v) is 2.48. The highest BCUT2D eigenvalue weighted by Gasteiger charge is 2.04. The minimum atomic E-state index is -0.302. The molecular weight excluding hydrogens is 245 g/mol. The predicted octanol–water partition coefficient (Wildman–Crippen LogP) is 2.77. The normalized spacial score (nSPS) is 10.6. The number of halogens is 1. The van der Waals surface area contributed by atoms with Gasteiger partial charge in [0.25, 0.3) is 0 Å². The summed E-state index contributed by atoms with van der Waals surface area (Å²) in [7, 11) is 0. The van der Waals surface area contributed by atoms with Crippen molar-refractivity contribution >= 4 is 16.7 Å². The first-order chi connectivity index (χ1) is 9.16. The van der Waals surface area contributed by atoms with Gasteiger partial charge in [0.1, 0.15) is 18.0 Å². The highest BCUT2D eigenvalue weighted by molar-refractivity contribution is 5.88. The number of nitrogens with zero attached hydrogens (tertiary/aromatic N) is 2. The third kappa shape index (κ3) is 3.72. The van der Waals surface area contributed by atoms with Crippen molar-refractivity contribution < 1.29 is 9.13 Å². The lowest BCUT2D eigenvalue weighted by molar-refractivity contribution is 0.167. The molecule has 0 atom stereocenters. The third-order valence-electron chi connectivity index (χ3n) is 2.48. The van der Waals surface area contributed by atoms with Gasteiger partial charge in [-0.2, -0.15) is 0 Å². The van der Waals surface area contributed by atoms with Gasteiger partial charge in [0.2, 0.25) is 0 Å². The average Bonchev–Trinajstić information content (AvgIpc) is 2.38. The van der Waals surface area contributed by atoms with Crippen LogP contribution in [0.5, 0.6) is 0 Å². The number of benzene rings is 1. The van der Waals surface area contributed by atoms with Gasteiger partial charge in [0.05, 0.1) is 18.7 Å². The van der Waals surface area contributed by atoms with Gasteiger partial charge in [0, 0.05) is 11.9 Å². The zero-order chi connectivity index (χ0) is 13.7. The molecule has 4 nitrogen and oxygen atoms in total. The maximum absolute atomic E-state index is 13.2. The summed E-state index contributed by atoms with van der Waals surface area (Å²) in [5.74, 6) is 0.312. The van der Waals surface area contributed by atoms with Crippen molar-refractivity contribution in [2.24, 2.45) is 0 Å². The van der Waals surface area contributed by atoms with Crippen LogP contribution < -0.4 is 5.32 Å². The van der Waals surface area contributed by atoms with E-state index >= 15 is 0 Å². The molecule has 0 bridgehead atoms. The van der Waals surface area contributed by atoms with E-state index in [-0.39, 0.29) is 5.82 Å². The Bertz CT molecular complexity index is 586. The SMILES string of the molecule is C=C(C)COCCNc1ncnc2ccc(F)cc12. The molecule has 2 rings (SSSR count). The number of rotatable bonds is 6. The first-order valence-electron chi connectivity index (χ1n) is 6.03. The van der Waals surface area contributed by atoms with Crippen molar-refractivity contribution in [3.05, 3.63) is 42.5 Å². The quantitative estimate of drug-likeness (QED) is 0.641. The van der Waals surface area contributed by atoms with E-state index < -0.39 is 0 Å². The van der Waals surface area contributed by atoms with Crippen LogP contribution in [-0.2, 0) is 4.74 Å². The van der Waals surface area contributed by atoms with Gasteiger partial charge in [-0.05, 0) is 25.1 Å². The Balaban J connectivity index is 2.00. The highest BCUT2D eigenvalue weighted by atomic mass is 19.1. The number of nitrogens with one attached hydrogen (secondary N) is 1. The van der Waals surface area contributed by atoms with Gasteiger partial charge in [0.15, 0.2) is 0 Å². The van der Waals surface area contributed by atoms with Crippen molar-refractivity contribution in [3.8, 4) is 0 Å². The molecular formula is C14H16FN3O. The van der Waals surface area contributed by atoms with Gasteiger partial charge in [-0.25, -0.2) is 14.4 Å². The van der Waals surface area contributed by atoms with E-state index in [1.54, 1.807) is 6.07 Å². The van der Waals surface area contributed by atoms with Crippen LogP contribution in [0.15, 0.2) is 36.7 Å². The molecule has 0 aliphatic carbocycles. The minimum Gasteiger partial charge on any atom is -0.375 e. The van der Waals surface area contributed by atoms with E-state index in [1.807, 2.05) is 6.92 Å². The molecule has 0 saturated heterocycles. The number of hydrogen-bond donors (Lipinski definition) is 1. The molecule has 0 aliphatic heterocycles. The zero-order valence-electron chi connectivity index (χ0n) is 10.8. The second kappa shape index (κ2) is 6.24. The first-order valence-corrected chi connectivity index (χ1v) is 6.03. The molecule has 0 radical (unpaired) electrons. The lowest BCUT2D eigenvalue weighted by atomic mass is 10.2. The highest BCUT2D eigenvalue weighted by Crippen LogP contribution is 2.19. The van der Waals surface area contributed by atoms with Crippen molar-refractivity contribution in [3.63, 3.8) is 0 Å². The topological polar surface area (TPSA) is 47.0 Å². The predicted molar refractivity (Wildman–Crippen MR) is 73.6 cm³/mol. The van der Waals surface area contributed by atoms with Gasteiger partial charge in [-0.3, -0.25) is 0 Å². The summed E-state index contributed by atoms with van der Waals surface area (Å²) < 4.78 is 18.6. The molecule has 1 aromatic heterocycles. The molecule has 0 unspecified atom stereocenters. The van der Waals surface area contributed by atoms with Crippen LogP contribution in [0.25, 0.3) is 10.9 Å². The summed E-state index contributed by atoms with van der Waals surface area (Å²) in [6, 6.07) is 4.44. The maximum Gasteiger partial charge on any atom is 0.137 e. The molecule has 19 heavy (non-hydrogen) atoms. The maximum atomic E-state index is 13.2. The molecule has 100 valence electrons. The molecule has 0 fully saturated rings. The Hall–Kier alpha value is -2.01. The molecule has 1 heterocycles. The lowest BCUT2D eigenvalue weighted by Gasteiger charge is -2.08. The fraction of sp³-hybridized carbons (Fsp3) is 0.286. The van der Waals surface area contributed by atoms with Crippen LogP contribution >= 0.6 is 0 Å². The van der Waals surface area contributed by atoms with Crippen LogP contribution in [0.3, 0.4) is 0 Å². The Morgan fingerprint density at radius 3 is 3.05 bits per heavy atom. The van der Waals surface area contributed by atoms with Gasteiger partial charge < -0.3 is 10.1 Å². The standard InChI is InChI=1S/C14H16FN3O/c1-10(2)8-19-6-5-16-14-12-7-11(15)3-4-13(12)17-9-18-14/h3-4,7,9H,1,5-6,8H2,2H3,(H,16,17,18). The van der Waals surface area contributed by atoms with E-state index in [4.69, 9.17) is 4.74 Å². The summed E-state index contributed by atoms with van der Waals surface area (Å²) in [5.41, 5.74) is 1.69. The van der Waals surface area contributed by atoms with E-state index in [0.717, 1.165) is 5.57 Å². The monoisotopic (exact) mass is 261 g/mol. The number of aromatic nitrogens is 2. The Morgan fingerprint density at radius 2 is 2.26 bits per heavy atom. The van der Waals surface area contributed by atoms with Crippen LogP contribution in [0.2, 0.25) is 0 Å². The number of fused-ring (bicyclic) bond motifs is 1. The Labute approximate surface area is 111 Å². The first kappa shape index (κ1) is 13.4. The van der Waals surface area contributed by atoms with Gasteiger partial charge >= 0.3 is 0 Å². The van der Waals surface area contributed by atoms with E-state index in [1.165, 1.54) is 18.5 Å². The van der Waals surface area contributed by atoms with Gasteiger partial charge in [-0.1, -0.05) is 12.2 Å². The minimum absolute atomic E-state index is 0.302. The average molecular weight is 261 g/mol. The lowest BCUT2D eigenvalue weighted by Crippen LogP contribution is -2.11.